The van der Waals surface area contributed by atoms with Crippen molar-refractivity contribution >= 4 is 5.97 Å². The van der Waals surface area contributed by atoms with Crippen molar-refractivity contribution in [2.75, 3.05) is 13.7 Å². The molecular formula is C25H30FNO4. The van der Waals surface area contributed by atoms with Crippen LogP contribution < -0.4 is 9.47 Å². The number of nitrogens with zero attached hydrogens (tertiary/aromatic N) is 1. The lowest BCUT2D eigenvalue weighted by Crippen LogP contribution is -2.20. The van der Waals surface area contributed by atoms with Crippen molar-refractivity contribution in [1.82, 2.24) is 4.98 Å². The molecule has 4 rings (SSSR count). The summed E-state index contributed by atoms with van der Waals surface area (Å²) in [7, 11) is 1.60. The molecule has 5 nitrogen and oxygen atoms in total. The molecule has 2 aliphatic rings. The van der Waals surface area contributed by atoms with E-state index in [1.165, 1.54) is 6.07 Å². The predicted octanol–water partition coefficient (Wildman–Crippen LogP) is 5.55. The smallest absolute Gasteiger partial charge is 0.303 e. The van der Waals surface area contributed by atoms with E-state index in [9.17, 15) is 14.3 Å². The number of aromatic nitrogens is 1. The number of ether oxygens (including phenoxy) is 2. The first kappa shape index (κ1) is 21.6. The predicted molar refractivity (Wildman–Crippen MR) is 115 cm³/mol. The normalized spacial score (nSPS) is 22.0. The van der Waals surface area contributed by atoms with Crippen molar-refractivity contribution in [1.29, 1.82) is 0 Å². The van der Waals surface area contributed by atoms with Crippen LogP contribution in [0.1, 0.15) is 67.9 Å². The van der Waals surface area contributed by atoms with Crippen LogP contribution in [0.4, 0.5) is 4.39 Å². The molecular weight excluding hydrogens is 397 g/mol. The van der Waals surface area contributed by atoms with Gasteiger partial charge in [-0.2, -0.15) is 0 Å². The second kappa shape index (κ2) is 9.67. The van der Waals surface area contributed by atoms with Gasteiger partial charge in [-0.1, -0.05) is 0 Å². The number of halogens is 1. The average Bonchev–Trinajstić information content (AvgIpc) is 3.62. The van der Waals surface area contributed by atoms with Gasteiger partial charge in [0.25, 0.3) is 0 Å². The minimum atomic E-state index is -0.771. The lowest BCUT2D eigenvalue weighted by atomic mass is 9.79. The Bertz CT molecular complexity index is 906. The Hall–Kier alpha value is -2.63. The van der Waals surface area contributed by atoms with Crippen molar-refractivity contribution in [2.24, 2.45) is 11.8 Å². The van der Waals surface area contributed by atoms with Gasteiger partial charge in [0.05, 0.1) is 26.3 Å². The zero-order chi connectivity index (χ0) is 21.8. The highest BCUT2D eigenvalue weighted by atomic mass is 19.1. The van der Waals surface area contributed by atoms with E-state index in [0.29, 0.717) is 29.9 Å². The monoisotopic (exact) mass is 427 g/mol. The van der Waals surface area contributed by atoms with Crippen molar-refractivity contribution in [3.05, 3.63) is 53.6 Å². The van der Waals surface area contributed by atoms with Crippen LogP contribution >= 0.6 is 0 Å². The molecule has 166 valence electrons. The van der Waals surface area contributed by atoms with E-state index in [4.69, 9.17) is 9.47 Å². The molecule has 6 heteroatoms. The van der Waals surface area contributed by atoms with E-state index >= 15 is 0 Å². The van der Waals surface area contributed by atoms with Crippen LogP contribution in [0.2, 0.25) is 0 Å². The summed E-state index contributed by atoms with van der Waals surface area (Å²) in [5.41, 5.74) is 1.71. The van der Waals surface area contributed by atoms with Crippen LogP contribution in [0, 0.1) is 17.7 Å². The summed E-state index contributed by atoms with van der Waals surface area (Å²) in [6.45, 7) is 0.603. The maximum Gasteiger partial charge on any atom is 0.303 e. The molecule has 1 aromatic heterocycles. The molecule has 0 bridgehead atoms. The molecule has 31 heavy (non-hydrogen) atoms. The molecule has 1 N–H and O–H groups in total. The number of carbonyl (C=O) groups is 1. The van der Waals surface area contributed by atoms with E-state index in [1.54, 1.807) is 25.6 Å². The molecule has 0 amide bonds. The van der Waals surface area contributed by atoms with E-state index in [2.05, 4.69) is 4.98 Å². The molecule has 2 aliphatic carbocycles. The SMILES string of the molecule is COc1ccc(F)c([C@H]2CC[C@@H](COc3cncc(C(CC(=O)O)C4CC4)c3)CC2)c1. The maximum absolute atomic E-state index is 14.3. The van der Waals surface area contributed by atoms with Crippen LogP contribution in [-0.4, -0.2) is 29.8 Å². The fraction of sp³-hybridized carbons (Fsp3) is 0.520. The van der Waals surface area contributed by atoms with Gasteiger partial charge < -0.3 is 14.6 Å². The highest BCUT2D eigenvalue weighted by Gasteiger charge is 2.34. The van der Waals surface area contributed by atoms with Gasteiger partial charge in [0.15, 0.2) is 0 Å². The van der Waals surface area contributed by atoms with E-state index < -0.39 is 5.97 Å². The van der Waals surface area contributed by atoms with Crippen LogP contribution in [-0.2, 0) is 4.79 Å². The van der Waals surface area contributed by atoms with Crippen LogP contribution in [0.3, 0.4) is 0 Å². The lowest BCUT2D eigenvalue weighted by Gasteiger charge is -2.29. The summed E-state index contributed by atoms with van der Waals surface area (Å²) in [5.74, 6) is 1.57. The second-order valence-electron chi connectivity index (χ2n) is 8.91. The quantitative estimate of drug-likeness (QED) is 0.568. The summed E-state index contributed by atoms with van der Waals surface area (Å²) in [6, 6.07) is 6.92. The van der Waals surface area contributed by atoms with Crippen LogP contribution in [0.25, 0.3) is 0 Å². The number of pyridine rings is 1. The maximum atomic E-state index is 14.3. The van der Waals surface area contributed by atoms with E-state index in [0.717, 1.165) is 49.7 Å². The Balaban J connectivity index is 1.31. The van der Waals surface area contributed by atoms with Crippen LogP contribution in [0.15, 0.2) is 36.7 Å². The molecule has 0 saturated heterocycles. The summed E-state index contributed by atoms with van der Waals surface area (Å²) in [4.78, 5) is 15.5. The van der Waals surface area contributed by atoms with Crippen molar-refractivity contribution in [2.45, 2.75) is 56.8 Å². The number of carboxylic acid groups (broad SMARTS) is 1. The highest BCUT2D eigenvalue weighted by molar-refractivity contribution is 5.68. The first-order chi connectivity index (χ1) is 15.0. The number of carboxylic acids is 1. The van der Waals surface area contributed by atoms with E-state index in [-0.39, 0.29) is 24.1 Å². The van der Waals surface area contributed by atoms with E-state index in [1.807, 2.05) is 12.1 Å². The Labute approximate surface area is 182 Å². The molecule has 0 spiro atoms. The Kier molecular flexibility index (Phi) is 6.73. The summed E-state index contributed by atoms with van der Waals surface area (Å²) in [5, 5.41) is 9.23. The molecule has 0 aliphatic heterocycles. The Morgan fingerprint density at radius 3 is 2.58 bits per heavy atom. The van der Waals surface area contributed by atoms with Gasteiger partial charge in [0.1, 0.15) is 17.3 Å². The first-order valence-corrected chi connectivity index (χ1v) is 11.2. The number of hydrogen-bond acceptors (Lipinski definition) is 4. The van der Waals surface area contributed by atoms with Gasteiger partial charge in [0, 0.05) is 6.20 Å². The summed E-state index contributed by atoms with van der Waals surface area (Å²) < 4.78 is 25.6. The fourth-order valence-corrected chi connectivity index (χ4v) is 4.78. The van der Waals surface area contributed by atoms with Crippen LogP contribution in [0.5, 0.6) is 11.5 Å². The summed E-state index contributed by atoms with van der Waals surface area (Å²) in [6.07, 6.45) is 9.60. The van der Waals surface area contributed by atoms with Gasteiger partial charge in [-0.15, -0.1) is 0 Å². The molecule has 1 heterocycles. The van der Waals surface area contributed by atoms with Gasteiger partial charge in [-0.25, -0.2) is 4.39 Å². The molecule has 2 aromatic rings. The van der Waals surface area contributed by atoms with Gasteiger partial charge in [-0.05, 0) is 97.6 Å². The first-order valence-electron chi connectivity index (χ1n) is 11.2. The molecule has 2 saturated carbocycles. The van der Waals surface area contributed by atoms with Crippen molar-refractivity contribution in [3.8, 4) is 11.5 Å². The fourth-order valence-electron chi connectivity index (χ4n) is 4.78. The largest absolute Gasteiger partial charge is 0.497 e. The zero-order valence-corrected chi connectivity index (χ0v) is 17.9. The van der Waals surface area contributed by atoms with Crippen molar-refractivity contribution < 1.29 is 23.8 Å². The zero-order valence-electron chi connectivity index (χ0n) is 17.9. The number of methoxy groups -OCH3 is 1. The van der Waals surface area contributed by atoms with Gasteiger partial charge in [-0.3, -0.25) is 9.78 Å². The Morgan fingerprint density at radius 1 is 1.13 bits per heavy atom. The van der Waals surface area contributed by atoms with Gasteiger partial charge >= 0.3 is 5.97 Å². The number of aliphatic carboxylic acids is 1. The molecule has 2 fully saturated rings. The van der Waals surface area contributed by atoms with Crippen molar-refractivity contribution in [3.63, 3.8) is 0 Å². The molecule has 1 aromatic carbocycles. The Morgan fingerprint density at radius 2 is 1.90 bits per heavy atom. The molecule has 1 unspecified atom stereocenters. The second-order valence-corrected chi connectivity index (χ2v) is 8.91. The van der Waals surface area contributed by atoms with Gasteiger partial charge in [0.2, 0.25) is 0 Å². The standard InChI is InChI=1S/C25H30FNO4/c1-30-20-8-9-24(26)23(11-20)18-4-2-16(3-5-18)15-31-21-10-19(13-27-14-21)22(12-25(28)29)17-6-7-17/h8-11,13-14,16-18,22H,2-7,12,15H2,1H3,(H,28,29)/t16-,18+,22?. The summed E-state index contributed by atoms with van der Waals surface area (Å²) >= 11 is 0. The molecule has 0 radical (unpaired) electrons. The highest BCUT2D eigenvalue weighted by Crippen LogP contribution is 2.45. The third kappa shape index (κ3) is 5.54. The number of rotatable bonds is 9. The number of hydrogen-bond donors (Lipinski definition) is 1. The topological polar surface area (TPSA) is 68.7 Å². The third-order valence-electron chi connectivity index (χ3n) is 6.72. The minimum absolute atomic E-state index is 0.0155. The minimum Gasteiger partial charge on any atom is -0.497 e. The lowest BCUT2D eigenvalue weighted by molar-refractivity contribution is -0.137. The molecule has 1 atom stereocenters. The number of benzene rings is 1. The average molecular weight is 428 g/mol. The third-order valence-corrected chi connectivity index (χ3v) is 6.72.